The number of amides is 1. The summed E-state index contributed by atoms with van der Waals surface area (Å²) >= 11 is 5.90. The van der Waals surface area contributed by atoms with E-state index in [-0.39, 0.29) is 11.9 Å². The van der Waals surface area contributed by atoms with Crippen molar-refractivity contribution in [3.05, 3.63) is 40.9 Å². The van der Waals surface area contributed by atoms with Gasteiger partial charge in [0.1, 0.15) is 0 Å². The van der Waals surface area contributed by atoms with Crippen LogP contribution in [0.2, 0.25) is 5.02 Å². The van der Waals surface area contributed by atoms with Crippen LogP contribution >= 0.6 is 11.6 Å². The third-order valence-corrected chi connectivity index (χ3v) is 3.25. The summed E-state index contributed by atoms with van der Waals surface area (Å²) in [7, 11) is 0. The molecule has 3 heteroatoms. The molecule has 2 nitrogen and oxygen atoms in total. The zero-order valence-corrected chi connectivity index (χ0v) is 11.5. The third kappa shape index (κ3) is 3.36. The molecule has 0 aromatic heterocycles. The fourth-order valence-corrected chi connectivity index (χ4v) is 2.27. The molecule has 1 amide bonds. The minimum absolute atomic E-state index is 0.0903. The first kappa shape index (κ1) is 13.2. The van der Waals surface area contributed by atoms with Crippen LogP contribution in [0.3, 0.4) is 0 Å². The van der Waals surface area contributed by atoms with Gasteiger partial charge in [0.15, 0.2) is 0 Å². The maximum atomic E-state index is 12.1. The molecule has 18 heavy (non-hydrogen) atoms. The van der Waals surface area contributed by atoms with Gasteiger partial charge < -0.3 is 4.90 Å². The van der Waals surface area contributed by atoms with E-state index in [1.165, 1.54) is 0 Å². The number of carbonyl (C=O) groups is 1. The quantitative estimate of drug-likeness (QED) is 0.758. The standard InChI is InChI=1S/C15H18ClNO/c1-11(2)17(14-7-8-14)15(18)9-6-12-4-3-5-13(16)10-12/h3-6,9-11,14H,7-8H2,1-2H3/b9-6+. The fourth-order valence-electron chi connectivity index (χ4n) is 2.07. The predicted octanol–water partition coefficient (Wildman–Crippen LogP) is 3.75. The number of halogens is 1. The zero-order chi connectivity index (χ0) is 13.1. The van der Waals surface area contributed by atoms with E-state index in [0.29, 0.717) is 11.1 Å². The summed E-state index contributed by atoms with van der Waals surface area (Å²) in [5.41, 5.74) is 0.954. The van der Waals surface area contributed by atoms with E-state index in [9.17, 15) is 4.79 Å². The first-order valence-corrected chi connectivity index (χ1v) is 6.71. The van der Waals surface area contributed by atoms with Gasteiger partial charge in [-0.2, -0.15) is 0 Å². The number of hydrogen-bond acceptors (Lipinski definition) is 1. The molecule has 1 saturated carbocycles. The second kappa shape index (κ2) is 5.57. The van der Waals surface area contributed by atoms with Gasteiger partial charge in [0.2, 0.25) is 5.91 Å². The lowest BCUT2D eigenvalue weighted by Gasteiger charge is -2.25. The molecule has 0 heterocycles. The van der Waals surface area contributed by atoms with E-state index < -0.39 is 0 Å². The molecule has 2 rings (SSSR count). The van der Waals surface area contributed by atoms with Crippen LogP contribution in [0.15, 0.2) is 30.3 Å². The molecule has 0 radical (unpaired) electrons. The van der Waals surface area contributed by atoms with Crippen molar-refractivity contribution in [2.24, 2.45) is 0 Å². The molecule has 0 N–H and O–H groups in total. The minimum Gasteiger partial charge on any atom is -0.334 e. The summed E-state index contributed by atoms with van der Waals surface area (Å²) in [6.07, 6.45) is 5.74. The molecule has 0 bridgehead atoms. The molecule has 1 aromatic rings. The molecule has 0 aliphatic heterocycles. The van der Waals surface area contributed by atoms with E-state index in [0.717, 1.165) is 18.4 Å². The van der Waals surface area contributed by atoms with Gasteiger partial charge in [-0.15, -0.1) is 0 Å². The summed E-state index contributed by atoms with van der Waals surface area (Å²) in [6.45, 7) is 4.12. The second-order valence-electron chi connectivity index (χ2n) is 4.96. The van der Waals surface area contributed by atoms with Gasteiger partial charge in [-0.1, -0.05) is 23.7 Å². The van der Waals surface area contributed by atoms with Crippen molar-refractivity contribution in [2.45, 2.75) is 38.8 Å². The Morgan fingerprint density at radius 3 is 2.72 bits per heavy atom. The Morgan fingerprint density at radius 2 is 2.17 bits per heavy atom. The Kier molecular flexibility index (Phi) is 4.07. The summed E-state index contributed by atoms with van der Waals surface area (Å²) in [5.74, 6) is 0.0903. The van der Waals surface area contributed by atoms with E-state index in [1.807, 2.05) is 35.2 Å². The molecule has 1 fully saturated rings. The highest BCUT2D eigenvalue weighted by Gasteiger charge is 2.32. The lowest BCUT2D eigenvalue weighted by molar-refractivity contribution is -0.128. The summed E-state index contributed by atoms with van der Waals surface area (Å²) in [5, 5.41) is 0.688. The Bertz CT molecular complexity index is 461. The van der Waals surface area contributed by atoms with Gasteiger partial charge in [0, 0.05) is 23.2 Å². The highest BCUT2D eigenvalue weighted by atomic mass is 35.5. The fraction of sp³-hybridized carbons (Fsp3) is 0.400. The number of carbonyl (C=O) groups excluding carboxylic acids is 1. The number of nitrogens with zero attached hydrogens (tertiary/aromatic N) is 1. The minimum atomic E-state index is 0.0903. The second-order valence-corrected chi connectivity index (χ2v) is 5.40. The first-order chi connectivity index (χ1) is 8.58. The highest BCUT2D eigenvalue weighted by Crippen LogP contribution is 2.28. The van der Waals surface area contributed by atoms with Crippen molar-refractivity contribution in [3.63, 3.8) is 0 Å². The largest absolute Gasteiger partial charge is 0.334 e. The lowest BCUT2D eigenvalue weighted by atomic mass is 10.2. The summed E-state index contributed by atoms with van der Waals surface area (Å²) < 4.78 is 0. The van der Waals surface area contributed by atoms with Gasteiger partial charge in [-0.05, 0) is 50.5 Å². The normalized spacial score (nSPS) is 15.3. The Labute approximate surface area is 113 Å². The number of benzene rings is 1. The molecule has 1 aliphatic carbocycles. The molecule has 0 atom stereocenters. The molecule has 0 saturated heterocycles. The maximum Gasteiger partial charge on any atom is 0.247 e. The van der Waals surface area contributed by atoms with Crippen LogP contribution in [0.5, 0.6) is 0 Å². The van der Waals surface area contributed by atoms with E-state index in [4.69, 9.17) is 11.6 Å². The molecule has 1 aromatic carbocycles. The SMILES string of the molecule is CC(C)N(C(=O)/C=C/c1cccc(Cl)c1)C1CC1. The molecule has 0 unspecified atom stereocenters. The van der Waals surface area contributed by atoms with Crippen molar-refractivity contribution < 1.29 is 4.79 Å². The van der Waals surface area contributed by atoms with Crippen LogP contribution in [0.25, 0.3) is 6.08 Å². The van der Waals surface area contributed by atoms with Crippen LogP contribution < -0.4 is 0 Å². The zero-order valence-electron chi connectivity index (χ0n) is 10.8. The summed E-state index contributed by atoms with van der Waals surface area (Å²) in [4.78, 5) is 14.1. The van der Waals surface area contributed by atoms with E-state index in [2.05, 4.69) is 13.8 Å². The Morgan fingerprint density at radius 1 is 1.44 bits per heavy atom. The summed E-state index contributed by atoms with van der Waals surface area (Å²) in [6, 6.07) is 8.20. The van der Waals surface area contributed by atoms with Crippen molar-refractivity contribution in [1.82, 2.24) is 4.90 Å². The van der Waals surface area contributed by atoms with Gasteiger partial charge in [-0.25, -0.2) is 0 Å². The third-order valence-electron chi connectivity index (χ3n) is 3.02. The van der Waals surface area contributed by atoms with E-state index in [1.54, 1.807) is 6.08 Å². The van der Waals surface area contributed by atoms with Gasteiger partial charge in [-0.3, -0.25) is 4.79 Å². The Balaban J connectivity index is 2.05. The van der Waals surface area contributed by atoms with Gasteiger partial charge in [0.25, 0.3) is 0 Å². The number of rotatable bonds is 4. The van der Waals surface area contributed by atoms with Crippen molar-refractivity contribution in [2.75, 3.05) is 0 Å². The monoisotopic (exact) mass is 263 g/mol. The van der Waals surface area contributed by atoms with Gasteiger partial charge in [0.05, 0.1) is 0 Å². The topological polar surface area (TPSA) is 20.3 Å². The number of hydrogen-bond donors (Lipinski definition) is 0. The van der Waals surface area contributed by atoms with Crippen LogP contribution in [0.1, 0.15) is 32.3 Å². The average molecular weight is 264 g/mol. The van der Waals surface area contributed by atoms with Crippen LogP contribution in [0.4, 0.5) is 0 Å². The Hall–Kier alpha value is -1.28. The average Bonchev–Trinajstić information content (AvgIpc) is 3.10. The maximum absolute atomic E-state index is 12.1. The van der Waals surface area contributed by atoms with Crippen LogP contribution in [-0.4, -0.2) is 22.9 Å². The molecule has 1 aliphatic rings. The van der Waals surface area contributed by atoms with Crippen LogP contribution in [-0.2, 0) is 4.79 Å². The highest BCUT2D eigenvalue weighted by molar-refractivity contribution is 6.30. The smallest absolute Gasteiger partial charge is 0.247 e. The lowest BCUT2D eigenvalue weighted by Crippen LogP contribution is -2.37. The first-order valence-electron chi connectivity index (χ1n) is 6.34. The molecule has 96 valence electrons. The van der Waals surface area contributed by atoms with Crippen molar-refractivity contribution in [1.29, 1.82) is 0 Å². The molecular weight excluding hydrogens is 246 g/mol. The molecular formula is C15H18ClNO. The van der Waals surface area contributed by atoms with E-state index >= 15 is 0 Å². The van der Waals surface area contributed by atoms with Crippen molar-refractivity contribution >= 4 is 23.6 Å². The predicted molar refractivity (Wildman–Crippen MR) is 75.5 cm³/mol. The van der Waals surface area contributed by atoms with Crippen LogP contribution in [0, 0.1) is 0 Å². The molecule has 0 spiro atoms. The van der Waals surface area contributed by atoms with Gasteiger partial charge >= 0.3 is 0 Å². The van der Waals surface area contributed by atoms with Crippen molar-refractivity contribution in [3.8, 4) is 0 Å².